The van der Waals surface area contributed by atoms with E-state index in [1.54, 1.807) is 0 Å². The summed E-state index contributed by atoms with van der Waals surface area (Å²) in [6.07, 6.45) is 2.78. The lowest BCUT2D eigenvalue weighted by Gasteiger charge is -2.04. The van der Waals surface area contributed by atoms with Crippen LogP contribution >= 0.6 is 0 Å². The van der Waals surface area contributed by atoms with Crippen LogP contribution in [0.15, 0.2) is 0 Å². The fourth-order valence-corrected chi connectivity index (χ4v) is 0.677. The van der Waals surface area contributed by atoms with Gasteiger partial charge in [-0.05, 0) is 18.9 Å². The first-order valence-corrected chi connectivity index (χ1v) is 3.91. The van der Waals surface area contributed by atoms with Crippen LogP contribution in [0.25, 0.3) is 0 Å². The summed E-state index contributed by atoms with van der Waals surface area (Å²) in [5, 5.41) is 3.19. The first-order chi connectivity index (χ1) is 4.77. The molecule has 0 heterocycles. The van der Waals surface area contributed by atoms with Crippen molar-refractivity contribution >= 4 is 6.29 Å². The molecule has 10 heavy (non-hydrogen) atoms. The molecule has 1 N–H and O–H groups in total. The van der Waals surface area contributed by atoms with Crippen LogP contribution in [-0.2, 0) is 4.79 Å². The average Bonchev–Trinajstić information content (AvgIpc) is 1.87. The Balaban J connectivity index is 2.83. The van der Waals surface area contributed by atoms with Crippen LogP contribution in [0.3, 0.4) is 0 Å². The zero-order chi connectivity index (χ0) is 7.82. The third-order valence-corrected chi connectivity index (χ3v) is 1.34. The molecular weight excluding hydrogens is 126 g/mol. The fraction of sp³-hybridized carbons (Fsp3) is 0.875. The monoisotopic (exact) mass is 143 g/mol. The molecule has 0 bridgehead atoms. The van der Waals surface area contributed by atoms with Crippen LogP contribution in [0, 0.1) is 5.92 Å². The summed E-state index contributed by atoms with van der Waals surface area (Å²) >= 11 is 0. The predicted octanol–water partition coefficient (Wildman–Crippen LogP) is 1.21. The summed E-state index contributed by atoms with van der Waals surface area (Å²) in [7, 11) is 0. The van der Waals surface area contributed by atoms with Crippen LogP contribution in [0.4, 0.5) is 0 Å². The molecular formula is C8H17NO. The normalized spacial score (nSPS) is 10.3. The highest BCUT2D eigenvalue weighted by Crippen LogP contribution is 1.95. The highest BCUT2D eigenvalue weighted by Gasteiger charge is 1.91. The van der Waals surface area contributed by atoms with Crippen molar-refractivity contribution < 1.29 is 4.79 Å². The zero-order valence-electron chi connectivity index (χ0n) is 6.89. The van der Waals surface area contributed by atoms with Gasteiger partial charge in [0.2, 0.25) is 0 Å². The summed E-state index contributed by atoms with van der Waals surface area (Å²) in [4.78, 5) is 9.86. The van der Waals surface area contributed by atoms with Crippen LogP contribution in [0.2, 0.25) is 0 Å². The van der Waals surface area contributed by atoms with E-state index in [4.69, 9.17) is 0 Å². The molecule has 0 fully saturated rings. The molecule has 0 aliphatic rings. The maximum Gasteiger partial charge on any atom is 0.121 e. The molecule has 0 aliphatic heterocycles. The summed E-state index contributed by atoms with van der Waals surface area (Å²) in [6.45, 7) is 6.25. The second kappa shape index (κ2) is 6.75. The Labute approximate surface area is 63.0 Å². The molecule has 0 saturated heterocycles. The number of hydrogen-bond acceptors (Lipinski definition) is 2. The quantitative estimate of drug-likeness (QED) is 0.447. The van der Waals surface area contributed by atoms with Crippen molar-refractivity contribution in [2.45, 2.75) is 26.7 Å². The number of aldehydes is 1. The lowest BCUT2D eigenvalue weighted by atomic mass is 10.1. The van der Waals surface area contributed by atoms with Crippen molar-refractivity contribution in [2.24, 2.45) is 5.92 Å². The molecule has 2 nitrogen and oxygen atoms in total. The molecule has 0 amide bonds. The number of nitrogens with one attached hydrogen (secondary N) is 1. The maximum atomic E-state index is 9.86. The minimum Gasteiger partial charge on any atom is -0.316 e. The Morgan fingerprint density at radius 3 is 2.60 bits per heavy atom. The smallest absolute Gasteiger partial charge is 0.121 e. The van der Waals surface area contributed by atoms with Gasteiger partial charge in [0.05, 0.1) is 0 Å². The summed E-state index contributed by atoms with van der Waals surface area (Å²) in [5.74, 6) is 0.753. The van der Waals surface area contributed by atoms with Crippen LogP contribution in [-0.4, -0.2) is 19.4 Å². The third kappa shape index (κ3) is 7.63. The molecule has 0 aromatic rings. The second-order valence-electron chi connectivity index (χ2n) is 2.89. The number of carbonyl (C=O) groups excluding carboxylic acids is 1. The van der Waals surface area contributed by atoms with E-state index >= 15 is 0 Å². The van der Waals surface area contributed by atoms with Gasteiger partial charge in [-0.15, -0.1) is 0 Å². The zero-order valence-corrected chi connectivity index (χ0v) is 6.89. The Morgan fingerprint density at radius 2 is 2.10 bits per heavy atom. The van der Waals surface area contributed by atoms with Crippen molar-refractivity contribution in [3.05, 3.63) is 0 Å². The Hall–Kier alpha value is -0.370. The van der Waals surface area contributed by atoms with Crippen LogP contribution in [0.1, 0.15) is 26.7 Å². The molecule has 0 atom stereocenters. The van der Waals surface area contributed by atoms with Gasteiger partial charge < -0.3 is 10.1 Å². The molecule has 0 radical (unpaired) electrons. The summed E-state index contributed by atoms with van der Waals surface area (Å²) in [6, 6.07) is 0. The molecule has 0 saturated carbocycles. The van der Waals surface area contributed by atoms with Gasteiger partial charge in [0, 0.05) is 13.0 Å². The van der Waals surface area contributed by atoms with E-state index in [0.29, 0.717) is 6.42 Å². The van der Waals surface area contributed by atoms with Gasteiger partial charge >= 0.3 is 0 Å². The third-order valence-electron chi connectivity index (χ3n) is 1.34. The minimum absolute atomic E-state index is 0.637. The van der Waals surface area contributed by atoms with Gasteiger partial charge in [-0.2, -0.15) is 0 Å². The second-order valence-corrected chi connectivity index (χ2v) is 2.89. The maximum absolute atomic E-state index is 9.86. The number of rotatable bonds is 6. The van der Waals surface area contributed by atoms with Crippen molar-refractivity contribution in [2.75, 3.05) is 13.1 Å². The molecule has 0 unspecified atom stereocenters. The lowest BCUT2D eigenvalue weighted by Crippen LogP contribution is -2.18. The van der Waals surface area contributed by atoms with Crippen LogP contribution < -0.4 is 5.32 Å². The van der Waals surface area contributed by atoms with Crippen molar-refractivity contribution in [1.29, 1.82) is 0 Å². The topological polar surface area (TPSA) is 29.1 Å². The molecule has 2 heteroatoms. The molecule has 0 rings (SSSR count). The molecule has 0 spiro atoms. The van der Waals surface area contributed by atoms with Crippen LogP contribution in [0.5, 0.6) is 0 Å². The largest absolute Gasteiger partial charge is 0.316 e. The first-order valence-electron chi connectivity index (χ1n) is 3.91. The number of carbonyl (C=O) groups is 1. The van der Waals surface area contributed by atoms with E-state index in [-0.39, 0.29) is 0 Å². The lowest BCUT2D eigenvalue weighted by molar-refractivity contribution is -0.107. The molecule has 0 aliphatic carbocycles. The van der Waals surface area contributed by atoms with Gasteiger partial charge in [-0.3, -0.25) is 0 Å². The first kappa shape index (κ1) is 9.63. The van der Waals surface area contributed by atoms with E-state index in [9.17, 15) is 4.79 Å². The van der Waals surface area contributed by atoms with Gasteiger partial charge in [0.1, 0.15) is 6.29 Å². The minimum atomic E-state index is 0.637. The average molecular weight is 143 g/mol. The molecule has 0 aromatic carbocycles. The van der Waals surface area contributed by atoms with Crippen molar-refractivity contribution in [3.63, 3.8) is 0 Å². The summed E-state index contributed by atoms with van der Waals surface area (Å²) in [5.41, 5.74) is 0. The van der Waals surface area contributed by atoms with Crippen molar-refractivity contribution in [1.82, 2.24) is 5.32 Å². The summed E-state index contributed by atoms with van der Waals surface area (Å²) < 4.78 is 0. The highest BCUT2D eigenvalue weighted by molar-refractivity contribution is 5.49. The van der Waals surface area contributed by atoms with E-state index in [2.05, 4.69) is 19.2 Å². The SMILES string of the molecule is CC(C)CCNCCC=O. The van der Waals surface area contributed by atoms with E-state index < -0.39 is 0 Å². The Kier molecular flexibility index (Phi) is 6.50. The van der Waals surface area contributed by atoms with Gasteiger partial charge in [0.15, 0.2) is 0 Å². The van der Waals surface area contributed by atoms with Gasteiger partial charge in [-0.25, -0.2) is 0 Å². The standard InChI is InChI=1S/C8H17NO/c1-8(2)4-6-9-5-3-7-10/h7-9H,3-6H2,1-2H3. The van der Waals surface area contributed by atoms with E-state index in [0.717, 1.165) is 25.3 Å². The van der Waals surface area contributed by atoms with Gasteiger partial charge in [-0.1, -0.05) is 13.8 Å². The molecule has 0 aromatic heterocycles. The van der Waals surface area contributed by atoms with Gasteiger partial charge in [0.25, 0.3) is 0 Å². The predicted molar refractivity (Wildman–Crippen MR) is 43.0 cm³/mol. The van der Waals surface area contributed by atoms with Crippen molar-refractivity contribution in [3.8, 4) is 0 Å². The van der Waals surface area contributed by atoms with E-state index in [1.165, 1.54) is 6.42 Å². The highest BCUT2D eigenvalue weighted by atomic mass is 16.1. The fourth-order valence-electron chi connectivity index (χ4n) is 0.677. The number of hydrogen-bond donors (Lipinski definition) is 1. The Bertz CT molecular complexity index is 81.3. The van der Waals surface area contributed by atoms with E-state index in [1.807, 2.05) is 0 Å². The Morgan fingerprint density at radius 1 is 1.40 bits per heavy atom. The molecule has 60 valence electrons.